The minimum Gasteiger partial charge on any atom is -0.464 e. The molecule has 182 valence electrons. The molecule has 0 bridgehead atoms. The second-order valence-electron chi connectivity index (χ2n) is 7.81. The van der Waals surface area contributed by atoms with Crippen LogP contribution in [0, 0.1) is 5.82 Å². The Morgan fingerprint density at radius 3 is 2.74 bits per heavy atom. The lowest BCUT2D eigenvalue weighted by Gasteiger charge is -2.28. The van der Waals surface area contributed by atoms with Gasteiger partial charge in [-0.2, -0.15) is 0 Å². The topological polar surface area (TPSA) is 84.2 Å². The zero-order valence-electron chi connectivity index (χ0n) is 19.6. The van der Waals surface area contributed by atoms with E-state index >= 15 is 0 Å². The number of amidine groups is 1. The first-order valence-corrected chi connectivity index (χ1v) is 11.5. The van der Waals surface area contributed by atoms with Gasteiger partial charge in [-0.3, -0.25) is 0 Å². The number of aliphatic imine (C=N–C) groups is 1. The van der Waals surface area contributed by atoms with Crippen LogP contribution < -0.4 is 0 Å². The Kier molecular flexibility index (Phi) is 9.15. The predicted molar refractivity (Wildman–Crippen MR) is 130 cm³/mol. The molecule has 0 radical (unpaired) electrons. The van der Waals surface area contributed by atoms with Crippen LogP contribution in [0.5, 0.6) is 0 Å². The van der Waals surface area contributed by atoms with Gasteiger partial charge >= 0.3 is 5.97 Å². The number of nitrogens with zero attached hydrogens (tertiary/aromatic N) is 3. The number of unbranched alkanes of at least 4 members (excludes halogenated alkanes) is 1. The van der Waals surface area contributed by atoms with Crippen molar-refractivity contribution in [2.75, 3.05) is 33.4 Å². The van der Waals surface area contributed by atoms with Gasteiger partial charge in [0.25, 0.3) is 0 Å². The summed E-state index contributed by atoms with van der Waals surface area (Å²) in [7, 11) is 1.27. The number of aromatic nitrogens is 1. The second-order valence-corrected chi connectivity index (χ2v) is 8.21. The minimum atomic E-state index is -0.631. The molecule has 1 N–H and O–H groups in total. The molecule has 0 unspecified atom stereocenters. The number of allylic oxidation sites excluding steroid dienone is 1. The summed E-state index contributed by atoms with van der Waals surface area (Å²) < 4.78 is 24.4. The molecule has 0 saturated carbocycles. The van der Waals surface area contributed by atoms with Crippen LogP contribution in [0.3, 0.4) is 0 Å². The van der Waals surface area contributed by atoms with Crippen molar-refractivity contribution in [1.29, 1.82) is 0 Å². The first-order valence-electron chi connectivity index (χ1n) is 11.2. The molecule has 0 amide bonds. The summed E-state index contributed by atoms with van der Waals surface area (Å²) in [5.41, 5.74) is 2.24. The van der Waals surface area contributed by atoms with E-state index < -0.39 is 18.4 Å². The molecule has 1 aliphatic heterocycles. The molecular weight excluding hydrogens is 461 g/mol. The van der Waals surface area contributed by atoms with Gasteiger partial charge in [-0.15, -0.1) is 0 Å². The number of hydrogen-bond donors (Lipinski definition) is 1. The van der Waals surface area contributed by atoms with E-state index in [2.05, 4.69) is 9.88 Å². The molecule has 0 atom stereocenters. The Balaban J connectivity index is 2.23. The highest BCUT2D eigenvalue weighted by Crippen LogP contribution is 2.37. The number of benzene rings is 1. The molecule has 0 spiro atoms. The Morgan fingerprint density at radius 2 is 2.09 bits per heavy atom. The SMILES string of the molecule is CCC/C=C(/c1ccc(F)c(CO)c1)c1nc(C(=O)OC)cc(Cl)c1N=C(C)N1CCOCC1. The average molecular weight is 490 g/mol. The van der Waals surface area contributed by atoms with E-state index in [1.54, 1.807) is 12.1 Å². The van der Waals surface area contributed by atoms with Gasteiger partial charge in [-0.25, -0.2) is 19.2 Å². The monoisotopic (exact) mass is 489 g/mol. The van der Waals surface area contributed by atoms with Gasteiger partial charge in [0.2, 0.25) is 0 Å². The molecule has 1 aromatic heterocycles. The quantitative estimate of drug-likeness (QED) is 0.343. The van der Waals surface area contributed by atoms with E-state index in [0.29, 0.717) is 55.2 Å². The van der Waals surface area contributed by atoms with E-state index in [1.165, 1.54) is 19.2 Å². The molecule has 2 aromatic rings. The number of aliphatic hydroxyl groups excluding tert-OH is 1. The second kappa shape index (κ2) is 12.1. The van der Waals surface area contributed by atoms with Gasteiger partial charge in [-0.05, 0) is 37.1 Å². The van der Waals surface area contributed by atoms with Gasteiger partial charge in [0.15, 0.2) is 5.69 Å². The fourth-order valence-corrected chi connectivity index (χ4v) is 3.87. The molecule has 0 aliphatic carbocycles. The van der Waals surface area contributed by atoms with Crippen LogP contribution >= 0.6 is 11.6 Å². The van der Waals surface area contributed by atoms with Crippen molar-refractivity contribution in [2.24, 2.45) is 4.99 Å². The number of ether oxygens (including phenoxy) is 2. The highest BCUT2D eigenvalue weighted by Gasteiger charge is 2.22. The molecule has 9 heteroatoms. The zero-order chi connectivity index (χ0) is 24.7. The maximum atomic E-state index is 14.1. The van der Waals surface area contributed by atoms with Crippen molar-refractivity contribution in [3.05, 3.63) is 63.7 Å². The number of carbonyl (C=O) groups excluding carboxylic acids is 1. The summed E-state index contributed by atoms with van der Waals surface area (Å²) in [6.07, 6.45) is 3.51. The Morgan fingerprint density at radius 1 is 1.35 bits per heavy atom. The van der Waals surface area contributed by atoms with Crippen LogP contribution in [0.25, 0.3) is 5.57 Å². The summed E-state index contributed by atoms with van der Waals surface area (Å²) in [4.78, 5) is 23.8. The number of morpholine rings is 1. The molecule has 1 aromatic carbocycles. The largest absolute Gasteiger partial charge is 0.464 e. The Labute approximate surface area is 203 Å². The fourth-order valence-electron chi connectivity index (χ4n) is 3.63. The average Bonchev–Trinajstić information content (AvgIpc) is 2.86. The van der Waals surface area contributed by atoms with Gasteiger partial charge in [0, 0.05) is 24.2 Å². The van der Waals surface area contributed by atoms with Gasteiger partial charge in [0.1, 0.15) is 17.3 Å². The van der Waals surface area contributed by atoms with Crippen molar-refractivity contribution < 1.29 is 23.8 Å². The molecule has 1 saturated heterocycles. The molecule has 2 heterocycles. The highest BCUT2D eigenvalue weighted by atomic mass is 35.5. The number of halogens is 2. The van der Waals surface area contributed by atoms with E-state index in [-0.39, 0.29) is 16.3 Å². The maximum Gasteiger partial charge on any atom is 0.356 e. The standard InChI is InChI=1S/C25H29ClFN3O4/c1-4-5-6-19(17-7-8-21(27)18(13-17)15-31)23-24(20(26)14-22(29-23)25(32)33-3)28-16(2)30-9-11-34-12-10-30/h6-8,13-14,31H,4-5,9-12,15H2,1-3H3/b19-6-,28-16?. The summed E-state index contributed by atoms with van der Waals surface area (Å²) in [6, 6.07) is 5.91. The van der Waals surface area contributed by atoms with Crippen molar-refractivity contribution in [3.63, 3.8) is 0 Å². The number of aliphatic hydroxyl groups is 1. The lowest BCUT2D eigenvalue weighted by Crippen LogP contribution is -2.39. The third kappa shape index (κ3) is 6.00. The lowest BCUT2D eigenvalue weighted by molar-refractivity contribution is 0.0594. The van der Waals surface area contributed by atoms with E-state index in [9.17, 15) is 14.3 Å². The molecule has 3 rings (SSSR count). The first-order chi connectivity index (χ1) is 16.4. The van der Waals surface area contributed by atoms with Crippen LogP contribution in [0.2, 0.25) is 5.02 Å². The van der Waals surface area contributed by atoms with Crippen molar-refractivity contribution in [1.82, 2.24) is 9.88 Å². The zero-order valence-corrected chi connectivity index (χ0v) is 20.4. The molecule has 1 fully saturated rings. The van der Waals surface area contributed by atoms with Crippen molar-refractivity contribution in [2.45, 2.75) is 33.3 Å². The predicted octanol–water partition coefficient (Wildman–Crippen LogP) is 4.77. The number of methoxy groups -OCH3 is 1. The smallest absolute Gasteiger partial charge is 0.356 e. The summed E-state index contributed by atoms with van der Waals surface area (Å²) >= 11 is 6.64. The number of pyridine rings is 1. The van der Waals surface area contributed by atoms with E-state index in [4.69, 9.17) is 26.1 Å². The van der Waals surface area contributed by atoms with E-state index in [0.717, 1.165) is 12.3 Å². The third-order valence-electron chi connectivity index (χ3n) is 5.50. The molecular formula is C25H29ClFN3O4. The fraction of sp³-hybridized carbons (Fsp3) is 0.400. The van der Waals surface area contributed by atoms with Crippen LogP contribution in [0.4, 0.5) is 10.1 Å². The van der Waals surface area contributed by atoms with Crippen LogP contribution in [-0.2, 0) is 16.1 Å². The van der Waals surface area contributed by atoms with Gasteiger partial charge in [-0.1, -0.05) is 37.1 Å². The van der Waals surface area contributed by atoms with Crippen LogP contribution in [0.1, 0.15) is 54.0 Å². The number of esters is 1. The molecule has 34 heavy (non-hydrogen) atoms. The summed E-state index contributed by atoms with van der Waals surface area (Å²) in [5, 5.41) is 9.83. The maximum absolute atomic E-state index is 14.1. The Hall–Kier alpha value is -2.81. The highest BCUT2D eigenvalue weighted by molar-refractivity contribution is 6.34. The van der Waals surface area contributed by atoms with E-state index in [1.807, 2.05) is 19.9 Å². The van der Waals surface area contributed by atoms with Crippen LogP contribution in [0.15, 0.2) is 35.3 Å². The number of rotatable bonds is 7. The lowest BCUT2D eigenvalue weighted by atomic mass is 9.97. The Bertz CT molecular complexity index is 1100. The van der Waals surface area contributed by atoms with Gasteiger partial charge < -0.3 is 19.5 Å². The molecule has 1 aliphatic rings. The molecule has 7 nitrogen and oxygen atoms in total. The number of hydrogen-bond acceptors (Lipinski definition) is 6. The van der Waals surface area contributed by atoms with Crippen molar-refractivity contribution >= 4 is 34.7 Å². The number of carbonyl (C=O) groups is 1. The van der Waals surface area contributed by atoms with Crippen molar-refractivity contribution in [3.8, 4) is 0 Å². The summed E-state index contributed by atoms with van der Waals surface area (Å²) in [6.45, 7) is 6.08. The minimum absolute atomic E-state index is 0.0392. The third-order valence-corrected chi connectivity index (χ3v) is 5.79. The summed E-state index contributed by atoms with van der Waals surface area (Å²) in [5.74, 6) is -0.394. The van der Waals surface area contributed by atoms with Gasteiger partial charge in [0.05, 0.1) is 37.6 Å². The van der Waals surface area contributed by atoms with Crippen LogP contribution in [-0.4, -0.2) is 60.2 Å². The first kappa shape index (κ1) is 25.8. The normalized spacial score (nSPS) is 14.9.